The second-order valence-corrected chi connectivity index (χ2v) is 6.51. The number of aromatic nitrogens is 4. The van der Waals surface area contributed by atoms with E-state index in [9.17, 15) is 4.79 Å². The number of carboxylic acid groups (broad SMARTS) is 1. The molecule has 2 heterocycles. The molecule has 0 unspecified atom stereocenters. The minimum absolute atomic E-state index is 0.231. The SMILES string of the molecule is CNCCNc1ccc2cnn(-c3cncc(-c4ccc(C(=O)O)cc4)n3)c2c1. The Labute approximate surface area is 167 Å². The van der Waals surface area contributed by atoms with Gasteiger partial charge in [0.15, 0.2) is 5.82 Å². The molecule has 29 heavy (non-hydrogen) atoms. The van der Waals surface area contributed by atoms with E-state index in [0.717, 1.165) is 35.2 Å². The summed E-state index contributed by atoms with van der Waals surface area (Å²) in [6.07, 6.45) is 5.10. The van der Waals surface area contributed by atoms with Gasteiger partial charge in [0.05, 0.1) is 35.4 Å². The summed E-state index contributed by atoms with van der Waals surface area (Å²) in [4.78, 5) is 20.0. The molecule has 0 aliphatic carbocycles. The maximum atomic E-state index is 11.0. The summed E-state index contributed by atoms with van der Waals surface area (Å²) in [6, 6.07) is 12.6. The van der Waals surface area contributed by atoms with E-state index in [1.165, 1.54) is 0 Å². The van der Waals surface area contributed by atoms with Crippen molar-refractivity contribution in [2.45, 2.75) is 0 Å². The van der Waals surface area contributed by atoms with Crippen molar-refractivity contribution in [2.24, 2.45) is 0 Å². The summed E-state index contributed by atoms with van der Waals surface area (Å²) in [5.74, 6) is -0.370. The van der Waals surface area contributed by atoms with Crippen LogP contribution in [0.1, 0.15) is 10.4 Å². The summed E-state index contributed by atoms with van der Waals surface area (Å²) in [7, 11) is 1.92. The number of hydrogen-bond acceptors (Lipinski definition) is 6. The molecule has 0 radical (unpaired) electrons. The molecule has 2 aromatic heterocycles. The standard InChI is InChI=1S/C21H20N6O2/c1-22-8-9-24-17-7-6-16-11-25-27(19(16)10-17)20-13-23-12-18(26-20)14-2-4-15(5-3-14)21(28)29/h2-7,10-13,22,24H,8-9H2,1H3,(H,28,29). The molecule has 0 bridgehead atoms. The maximum absolute atomic E-state index is 11.0. The van der Waals surface area contributed by atoms with Gasteiger partial charge in [-0.3, -0.25) is 4.98 Å². The Balaban J connectivity index is 1.68. The zero-order chi connectivity index (χ0) is 20.2. The Bertz CT molecular complexity index is 1150. The predicted octanol–water partition coefficient (Wildman–Crippen LogP) is 2.81. The first-order chi connectivity index (χ1) is 14.2. The number of aromatic carboxylic acids is 1. The number of hydrogen-bond donors (Lipinski definition) is 3. The van der Waals surface area contributed by atoms with Crippen LogP contribution in [0.2, 0.25) is 0 Å². The Morgan fingerprint density at radius 2 is 1.90 bits per heavy atom. The van der Waals surface area contributed by atoms with Crippen molar-refractivity contribution in [2.75, 3.05) is 25.5 Å². The van der Waals surface area contributed by atoms with Crippen LogP contribution in [0, 0.1) is 0 Å². The lowest BCUT2D eigenvalue weighted by molar-refractivity contribution is 0.0697. The molecule has 0 aliphatic heterocycles. The molecular formula is C21H20N6O2. The monoisotopic (exact) mass is 388 g/mol. The highest BCUT2D eigenvalue weighted by Gasteiger charge is 2.10. The number of carbonyl (C=O) groups is 1. The maximum Gasteiger partial charge on any atom is 0.335 e. The molecule has 4 aromatic rings. The van der Waals surface area contributed by atoms with Gasteiger partial charge in [-0.25, -0.2) is 14.5 Å². The molecule has 8 nitrogen and oxygen atoms in total. The van der Waals surface area contributed by atoms with E-state index in [4.69, 9.17) is 5.11 Å². The van der Waals surface area contributed by atoms with Gasteiger partial charge in [0.25, 0.3) is 0 Å². The topological polar surface area (TPSA) is 105 Å². The normalized spacial score (nSPS) is 10.9. The highest BCUT2D eigenvalue weighted by Crippen LogP contribution is 2.23. The minimum Gasteiger partial charge on any atom is -0.478 e. The van der Waals surface area contributed by atoms with Gasteiger partial charge in [-0.2, -0.15) is 5.10 Å². The van der Waals surface area contributed by atoms with Gasteiger partial charge in [-0.1, -0.05) is 12.1 Å². The number of likely N-dealkylation sites (N-methyl/N-ethyl adjacent to an activating group) is 1. The van der Waals surface area contributed by atoms with Gasteiger partial charge in [-0.05, 0) is 37.4 Å². The summed E-state index contributed by atoms with van der Waals surface area (Å²) in [6.45, 7) is 1.68. The van der Waals surface area contributed by atoms with Crippen LogP contribution in [0.4, 0.5) is 5.69 Å². The van der Waals surface area contributed by atoms with Gasteiger partial charge in [-0.15, -0.1) is 0 Å². The van der Waals surface area contributed by atoms with Crippen molar-refractivity contribution in [3.63, 3.8) is 0 Å². The van der Waals surface area contributed by atoms with Crippen LogP contribution in [-0.4, -0.2) is 51.0 Å². The Hall–Kier alpha value is -3.78. The number of fused-ring (bicyclic) bond motifs is 1. The fourth-order valence-electron chi connectivity index (χ4n) is 3.02. The van der Waals surface area contributed by atoms with Crippen molar-refractivity contribution in [3.8, 4) is 17.1 Å². The molecule has 0 spiro atoms. The Morgan fingerprint density at radius 1 is 1.07 bits per heavy atom. The van der Waals surface area contributed by atoms with Gasteiger partial charge >= 0.3 is 5.97 Å². The van der Waals surface area contributed by atoms with Crippen LogP contribution in [0.15, 0.2) is 61.1 Å². The predicted molar refractivity (Wildman–Crippen MR) is 111 cm³/mol. The van der Waals surface area contributed by atoms with E-state index in [-0.39, 0.29) is 5.56 Å². The number of carboxylic acids is 1. The largest absolute Gasteiger partial charge is 0.478 e. The number of nitrogens with one attached hydrogen (secondary N) is 2. The molecule has 0 amide bonds. The number of nitrogens with zero attached hydrogens (tertiary/aromatic N) is 4. The zero-order valence-electron chi connectivity index (χ0n) is 15.8. The number of rotatable bonds is 7. The highest BCUT2D eigenvalue weighted by atomic mass is 16.4. The summed E-state index contributed by atoms with van der Waals surface area (Å²) in [5, 5.41) is 21.0. The van der Waals surface area contributed by atoms with Crippen LogP contribution < -0.4 is 10.6 Å². The second-order valence-electron chi connectivity index (χ2n) is 6.51. The molecule has 0 saturated carbocycles. The van der Waals surface area contributed by atoms with Crippen molar-refractivity contribution in [1.29, 1.82) is 0 Å². The Kier molecular flexibility index (Phi) is 5.17. The first-order valence-corrected chi connectivity index (χ1v) is 9.18. The van der Waals surface area contributed by atoms with E-state index in [0.29, 0.717) is 11.5 Å². The second kappa shape index (κ2) is 8.07. The first kappa shape index (κ1) is 18.6. The van der Waals surface area contributed by atoms with Crippen molar-refractivity contribution in [3.05, 3.63) is 66.6 Å². The average molecular weight is 388 g/mol. The van der Waals surface area contributed by atoms with Gasteiger partial charge in [0.2, 0.25) is 0 Å². The molecule has 8 heteroatoms. The molecule has 4 rings (SSSR count). The van der Waals surface area contributed by atoms with E-state index in [1.807, 2.05) is 25.2 Å². The fourth-order valence-corrected chi connectivity index (χ4v) is 3.02. The third kappa shape index (κ3) is 3.92. The van der Waals surface area contributed by atoms with Crippen LogP contribution in [0.25, 0.3) is 28.0 Å². The highest BCUT2D eigenvalue weighted by molar-refractivity contribution is 5.88. The summed E-state index contributed by atoms with van der Waals surface area (Å²) >= 11 is 0. The summed E-state index contributed by atoms with van der Waals surface area (Å²) < 4.78 is 1.75. The van der Waals surface area contributed by atoms with E-state index < -0.39 is 5.97 Å². The van der Waals surface area contributed by atoms with Crippen LogP contribution in [0.3, 0.4) is 0 Å². The Morgan fingerprint density at radius 3 is 2.66 bits per heavy atom. The molecule has 3 N–H and O–H groups in total. The van der Waals surface area contributed by atoms with Gasteiger partial charge < -0.3 is 15.7 Å². The lowest BCUT2D eigenvalue weighted by Gasteiger charge is -2.08. The molecule has 0 aliphatic rings. The van der Waals surface area contributed by atoms with Crippen LogP contribution >= 0.6 is 0 Å². The van der Waals surface area contributed by atoms with Crippen molar-refractivity contribution < 1.29 is 9.90 Å². The first-order valence-electron chi connectivity index (χ1n) is 9.18. The van der Waals surface area contributed by atoms with Crippen LogP contribution in [0.5, 0.6) is 0 Å². The zero-order valence-corrected chi connectivity index (χ0v) is 15.8. The van der Waals surface area contributed by atoms with Gasteiger partial charge in [0.1, 0.15) is 0 Å². The van der Waals surface area contributed by atoms with Gasteiger partial charge in [0, 0.05) is 29.7 Å². The molecular weight excluding hydrogens is 368 g/mol. The smallest absolute Gasteiger partial charge is 0.335 e. The number of anilines is 1. The molecule has 0 atom stereocenters. The van der Waals surface area contributed by atoms with E-state index in [1.54, 1.807) is 47.5 Å². The third-order valence-corrected chi connectivity index (χ3v) is 4.54. The van der Waals surface area contributed by atoms with Crippen LogP contribution in [-0.2, 0) is 0 Å². The fraction of sp³-hybridized carbons (Fsp3) is 0.143. The lowest BCUT2D eigenvalue weighted by atomic mass is 10.1. The third-order valence-electron chi connectivity index (χ3n) is 4.54. The molecule has 0 saturated heterocycles. The van der Waals surface area contributed by atoms with E-state index in [2.05, 4.69) is 25.7 Å². The quantitative estimate of drug-likeness (QED) is 0.418. The number of benzene rings is 2. The van der Waals surface area contributed by atoms with Crippen molar-refractivity contribution in [1.82, 2.24) is 25.1 Å². The lowest BCUT2D eigenvalue weighted by Crippen LogP contribution is -2.17. The minimum atomic E-state index is -0.960. The average Bonchev–Trinajstić information content (AvgIpc) is 3.17. The molecule has 0 fully saturated rings. The molecule has 146 valence electrons. The molecule has 2 aromatic carbocycles. The summed E-state index contributed by atoms with van der Waals surface area (Å²) in [5.41, 5.74) is 3.59. The van der Waals surface area contributed by atoms with Crippen molar-refractivity contribution >= 4 is 22.6 Å². The van der Waals surface area contributed by atoms with E-state index >= 15 is 0 Å².